The van der Waals surface area contributed by atoms with E-state index in [0.717, 1.165) is 24.6 Å². The molecule has 0 N–H and O–H groups in total. The van der Waals surface area contributed by atoms with E-state index in [2.05, 4.69) is 15.9 Å². The van der Waals surface area contributed by atoms with Crippen LogP contribution in [0.3, 0.4) is 0 Å². The second-order valence-electron chi connectivity index (χ2n) is 4.40. The summed E-state index contributed by atoms with van der Waals surface area (Å²) >= 11 is 3.39. The van der Waals surface area contributed by atoms with Crippen molar-refractivity contribution in [1.82, 2.24) is 0 Å². The van der Waals surface area contributed by atoms with E-state index in [-0.39, 0.29) is 24.8 Å². The van der Waals surface area contributed by atoms with E-state index in [1.165, 1.54) is 19.3 Å². The van der Waals surface area contributed by atoms with Crippen LogP contribution < -0.4 is 0 Å². The zero-order valence-corrected chi connectivity index (χ0v) is 13.4. The van der Waals surface area contributed by atoms with Crippen molar-refractivity contribution in [2.24, 2.45) is 0 Å². The first-order valence-corrected chi connectivity index (χ1v) is 8.20. The van der Waals surface area contributed by atoms with Gasteiger partial charge in [0.15, 0.2) is 0 Å². The maximum Gasteiger partial charge on any atom is 0.306 e. The van der Waals surface area contributed by atoms with Gasteiger partial charge in [-0.2, -0.15) is 0 Å². The number of alkyl halides is 1. The number of rotatable bonds is 12. The molecule has 0 aliphatic rings. The Hall–Kier alpha value is -0.580. The van der Waals surface area contributed by atoms with Crippen molar-refractivity contribution in [3.8, 4) is 0 Å². The number of carbonyl (C=O) groups is 2. The zero-order chi connectivity index (χ0) is 14.3. The van der Waals surface area contributed by atoms with E-state index in [4.69, 9.17) is 9.47 Å². The number of halogens is 1. The van der Waals surface area contributed by atoms with Gasteiger partial charge < -0.3 is 9.47 Å². The Labute approximate surface area is 124 Å². The Kier molecular flexibility index (Phi) is 13.4. The van der Waals surface area contributed by atoms with Crippen molar-refractivity contribution in [2.75, 3.05) is 18.5 Å². The molecule has 0 bridgehead atoms. The van der Waals surface area contributed by atoms with E-state index in [1.54, 1.807) is 0 Å². The molecule has 0 spiro atoms. The molecule has 0 heterocycles. The highest BCUT2D eigenvalue weighted by molar-refractivity contribution is 9.09. The molecule has 0 rings (SSSR count). The first-order valence-electron chi connectivity index (χ1n) is 7.08. The summed E-state index contributed by atoms with van der Waals surface area (Å²) < 4.78 is 9.92. The third-order valence-corrected chi connectivity index (χ3v) is 3.10. The minimum atomic E-state index is -0.325. The molecule has 0 atom stereocenters. The van der Waals surface area contributed by atoms with E-state index < -0.39 is 0 Å². The van der Waals surface area contributed by atoms with Crippen molar-refractivity contribution in [2.45, 2.75) is 58.3 Å². The van der Waals surface area contributed by atoms with E-state index in [0.29, 0.717) is 13.2 Å². The Bertz CT molecular complexity index is 244. The molecule has 0 radical (unpaired) electrons. The lowest BCUT2D eigenvalue weighted by Crippen LogP contribution is -2.11. The van der Waals surface area contributed by atoms with Gasteiger partial charge in [0, 0.05) is 5.33 Å². The lowest BCUT2D eigenvalue weighted by molar-refractivity contribution is -0.150. The minimum absolute atomic E-state index is 0.115. The summed E-state index contributed by atoms with van der Waals surface area (Å²) in [5.41, 5.74) is 0. The average molecular weight is 337 g/mol. The fraction of sp³-hybridized carbons (Fsp3) is 0.857. The number of esters is 2. The molecule has 0 aromatic heterocycles. The molecule has 0 saturated heterocycles. The van der Waals surface area contributed by atoms with Gasteiger partial charge in [-0.05, 0) is 19.3 Å². The molecule has 112 valence electrons. The maximum absolute atomic E-state index is 11.3. The summed E-state index contributed by atoms with van der Waals surface area (Å²) in [6.45, 7) is 2.80. The van der Waals surface area contributed by atoms with Crippen molar-refractivity contribution in [3.63, 3.8) is 0 Å². The first kappa shape index (κ1) is 18.4. The van der Waals surface area contributed by atoms with Crippen LogP contribution in [0.5, 0.6) is 0 Å². The summed E-state index contributed by atoms with van der Waals surface area (Å²) in [6, 6.07) is 0. The third kappa shape index (κ3) is 13.6. The first-order chi connectivity index (χ1) is 9.20. The Morgan fingerprint density at radius 2 is 1.37 bits per heavy atom. The lowest BCUT2D eigenvalue weighted by Gasteiger charge is -2.05. The average Bonchev–Trinajstić information content (AvgIpc) is 2.41. The molecule has 4 nitrogen and oxygen atoms in total. The predicted octanol–water partition coefficient (Wildman–Crippen LogP) is 3.61. The van der Waals surface area contributed by atoms with Gasteiger partial charge >= 0.3 is 11.9 Å². The number of hydrogen-bond acceptors (Lipinski definition) is 4. The van der Waals surface area contributed by atoms with E-state index in [1.807, 2.05) is 6.92 Å². The van der Waals surface area contributed by atoms with E-state index >= 15 is 0 Å². The highest BCUT2D eigenvalue weighted by Crippen LogP contribution is 2.05. The van der Waals surface area contributed by atoms with Crippen LogP contribution in [-0.4, -0.2) is 30.5 Å². The third-order valence-electron chi connectivity index (χ3n) is 2.54. The quantitative estimate of drug-likeness (QED) is 0.310. The van der Waals surface area contributed by atoms with Crippen LogP contribution in [0.4, 0.5) is 0 Å². The summed E-state index contributed by atoms with van der Waals surface area (Å²) in [5.74, 6) is -0.637. The summed E-state index contributed by atoms with van der Waals surface area (Å²) in [4.78, 5) is 22.5. The lowest BCUT2D eigenvalue weighted by atomic mass is 10.2. The number of ether oxygens (including phenoxy) is 2. The maximum atomic E-state index is 11.3. The van der Waals surface area contributed by atoms with E-state index in [9.17, 15) is 9.59 Å². The van der Waals surface area contributed by atoms with Crippen LogP contribution in [-0.2, 0) is 19.1 Å². The highest BCUT2D eigenvalue weighted by Gasteiger charge is 2.08. The smallest absolute Gasteiger partial charge is 0.306 e. The van der Waals surface area contributed by atoms with Crippen LogP contribution in [0.1, 0.15) is 58.3 Å². The van der Waals surface area contributed by atoms with Gasteiger partial charge in [-0.15, -0.1) is 0 Å². The number of hydrogen-bond donors (Lipinski definition) is 0. The molecule has 5 heteroatoms. The van der Waals surface area contributed by atoms with Gasteiger partial charge in [-0.25, -0.2) is 0 Å². The molecule has 0 aromatic carbocycles. The van der Waals surface area contributed by atoms with Crippen molar-refractivity contribution >= 4 is 27.9 Å². The van der Waals surface area contributed by atoms with Crippen LogP contribution in [0.25, 0.3) is 0 Å². The molecular weight excluding hydrogens is 312 g/mol. The Morgan fingerprint density at radius 3 is 1.95 bits per heavy atom. The normalized spacial score (nSPS) is 10.2. The van der Waals surface area contributed by atoms with Gasteiger partial charge in [-0.1, -0.05) is 42.1 Å². The molecular formula is C14H25BrO4. The van der Waals surface area contributed by atoms with Gasteiger partial charge in [0.1, 0.15) is 0 Å². The number of unbranched alkanes of at least 4 members (excludes halogenated alkanes) is 4. The summed E-state index contributed by atoms with van der Waals surface area (Å²) in [6.07, 6.45) is 6.59. The van der Waals surface area contributed by atoms with Gasteiger partial charge in [0.25, 0.3) is 0 Å². The SMILES string of the molecule is CCCOC(=O)CCC(=O)OCCCCCCCBr. The van der Waals surface area contributed by atoms with Crippen molar-refractivity contribution in [1.29, 1.82) is 0 Å². The molecule has 0 unspecified atom stereocenters. The Morgan fingerprint density at radius 1 is 0.842 bits per heavy atom. The summed E-state index contributed by atoms with van der Waals surface area (Å²) in [5, 5.41) is 1.05. The van der Waals surface area contributed by atoms with Gasteiger partial charge in [-0.3, -0.25) is 9.59 Å². The van der Waals surface area contributed by atoms with Gasteiger partial charge in [0.05, 0.1) is 26.1 Å². The molecule has 0 aliphatic carbocycles. The molecule has 0 saturated carbocycles. The van der Waals surface area contributed by atoms with Gasteiger partial charge in [0.2, 0.25) is 0 Å². The number of carbonyl (C=O) groups excluding carboxylic acids is 2. The van der Waals surface area contributed by atoms with Crippen LogP contribution in [0, 0.1) is 0 Å². The fourth-order valence-corrected chi connectivity index (χ4v) is 1.87. The highest BCUT2D eigenvalue weighted by atomic mass is 79.9. The van der Waals surface area contributed by atoms with Crippen LogP contribution in [0.2, 0.25) is 0 Å². The second-order valence-corrected chi connectivity index (χ2v) is 5.19. The molecule has 0 fully saturated rings. The molecule has 0 amide bonds. The van der Waals surface area contributed by atoms with Crippen LogP contribution in [0.15, 0.2) is 0 Å². The molecule has 0 aliphatic heterocycles. The Balaban J connectivity index is 3.32. The standard InChI is InChI=1S/C14H25BrO4/c1-2-11-18-13(16)8-9-14(17)19-12-7-5-3-4-6-10-15/h2-12H2,1H3. The minimum Gasteiger partial charge on any atom is -0.466 e. The fourth-order valence-electron chi connectivity index (χ4n) is 1.48. The topological polar surface area (TPSA) is 52.6 Å². The zero-order valence-electron chi connectivity index (χ0n) is 11.8. The summed E-state index contributed by atoms with van der Waals surface area (Å²) in [7, 11) is 0. The second kappa shape index (κ2) is 13.8. The molecule has 19 heavy (non-hydrogen) atoms. The van der Waals surface area contributed by atoms with Crippen molar-refractivity contribution in [3.05, 3.63) is 0 Å². The van der Waals surface area contributed by atoms with Crippen LogP contribution >= 0.6 is 15.9 Å². The predicted molar refractivity (Wildman–Crippen MR) is 78.3 cm³/mol. The van der Waals surface area contributed by atoms with Crippen molar-refractivity contribution < 1.29 is 19.1 Å². The monoisotopic (exact) mass is 336 g/mol. The molecule has 0 aromatic rings. The largest absolute Gasteiger partial charge is 0.466 e.